The molecule has 1 aliphatic rings. The van der Waals surface area contributed by atoms with Crippen LogP contribution in [0.2, 0.25) is 5.02 Å². The normalized spacial score (nSPS) is 14.6. The molecule has 0 spiro atoms. The van der Waals surface area contributed by atoms with E-state index in [0.717, 1.165) is 30.3 Å². The van der Waals surface area contributed by atoms with Crippen LogP contribution in [-0.2, 0) is 21.9 Å². The van der Waals surface area contributed by atoms with E-state index in [-0.39, 0.29) is 29.9 Å². The van der Waals surface area contributed by atoms with E-state index in [1.54, 1.807) is 0 Å². The van der Waals surface area contributed by atoms with Crippen LogP contribution in [0.4, 0.5) is 47.2 Å². The van der Waals surface area contributed by atoms with Gasteiger partial charge in [0.05, 0.1) is 22.0 Å². The van der Waals surface area contributed by atoms with Gasteiger partial charge in [0, 0.05) is 0 Å². The Kier molecular flexibility index (Phi) is 7.10. The average molecular weight is 595 g/mol. The van der Waals surface area contributed by atoms with Gasteiger partial charge in [0.15, 0.2) is 10.8 Å². The minimum absolute atomic E-state index is 0.00223. The van der Waals surface area contributed by atoms with Crippen LogP contribution in [0.1, 0.15) is 33.8 Å². The fourth-order valence-electron chi connectivity index (χ4n) is 3.54. The molecule has 0 atom stereocenters. The molecule has 0 radical (unpaired) electrons. The Balaban J connectivity index is 1.81. The largest absolute Gasteiger partial charge is 0.435 e. The first-order valence-electron chi connectivity index (χ1n) is 10.7. The summed E-state index contributed by atoms with van der Waals surface area (Å²) in [5, 5.41) is 0.804. The molecule has 1 aromatic heterocycles. The van der Waals surface area contributed by atoms with Crippen molar-refractivity contribution in [2.24, 2.45) is 11.1 Å². The minimum atomic E-state index is -5.25. The van der Waals surface area contributed by atoms with Crippen molar-refractivity contribution in [3.05, 3.63) is 69.4 Å². The standard InChI is InChI=1S/C23H14ClF7N4O3S/c24-13-6-1-10(22(26,27)28)9-14(13)33-17(36)15-16(23(29,30)31)34-20(39-15)35(12-4-2-11(25)3-5-12)19(38)21(7-8-21)18(32)37/h1-6,9H,7-8H2,(H2,32,37)(H,33,36). The van der Waals surface area contributed by atoms with E-state index < -0.39 is 73.3 Å². The number of amides is 3. The van der Waals surface area contributed by atoms with Crippen LogP contribution < -0.4 is 16.0 Å². The zero-order chi connectivity index (χ0) is 28.9. The number of nitrogens with two attached hydrogens (primary N) is 1. The summed E-state index contributed by atoms with van der Waals surface area (Å²) in [4.78, 5) is 41.1. The van der Waals surface area contributed by atoms with E-state index in [2.05, 4.69) is 4.98 Å². The van der Waals surface area contributed by atoms with Gasteiger partial charge in [-0.1, -0.05) is 22.9 Å². The van der Waals surface area contributed by atoms with Gasteiger partial charge in [0.1, 0.15) is 16.1 Å². The fraction of sp³-hybridized carbons (Fsp3) is 0.217. The van der Waals surface area contributed by atoms with Crippen LogP contribution in [0.3, 0.4) is 0 Å². The molecule has 0 aliphatic heterocycles. The van der Waals surface area contributed by atoms with E-state index >= 15 is 0 Å². The Bertz CT molecular complexity index is 1470. The number of alkyl halides is 6. The van der Waals surface area contributed by atoms with Crippen molar-refractivity contribution >= 4 is 57.2 Å². The summed E-state index contributed by atoms with van der Waals surface area (Å²) >= 11 is 5.91. The molecule has 3 N–H and O–H groups in total. The van der Waals surface area contributed by atoms with Crippen molar-refractivity contribution in [2.45, 2.75) is 25.2 Å². The number of thiazole rings is 1. The highest BCUT2D eigenvalue weighted by Crippen LogP contribution is 2.50. The van der Waals surface area contributed by atoms with Crippen LogP contribution >= 0.6 is 22.9 Å². The lowest BCUT2D eigenvalue weighted by atomic mass is 10.0. The maximum Gasteiger partial charge on any atom is 0.435 e. The third-order valence-electron chi connectivity index (χ3n) is 5.74. The van der Waals surface area contributed by atoms with E-state index in [9.17, 15) is 45.1 Å². The second-order valence-electron chi connectivity index (χ2n) is 8.38. The Hall–Kier alpha value is -3.72. The molecule has 1 saturated carbocycles. The van der Waals surface area contributed by atoms with E-state index in [1.807, 2.05) is 5.32 Å². The highest BCUT2D eigenvalue weighted by Gasteiger charge is 2.58. The van der Waals surface area contributed by atoms with Gasteiger partial charge in [-0.3, -0.25) is 19.3 Å². The van der Waals surface area contributed by atoms with E-state index in [4.69, 9.17) is 17.3 Å². The minimum Gasteiger partial charge on any atom is -0.369 e. The number of nitrogens with zero attached hydrogens (tertiary/aromatic N) is 2. The number of carbonyl (C=O) groups excluding carboxylic acids is 3. The molecule has 1 aliphatic carbocycles. The highest BCUT2D eigenvalue weighted by molar-refractivity contribution is 7.18. The molecule has 16 heteroatoms. The molecule has 0 saturated heterocycles. The van der Waals surface area contributed by atoms with Crippen molar-refractivity contribution in [2.75, 3.05) is 10.2 Å². The molecule has 2 aromatic carbocycles. The third kappa shape index (κ3) is 5.54. The number of halogens is 8. The molecule has 1 fully saturated rings. The average Bonchev–Trinajstić information content (AvgIpc) is 3.53. The predicted octanol–water partition coefficient (Wildman–Crippen LogP) is 6.16. The molecular formula is C23H14ClF7N4O3S. The van der Waals surface area contributed by atoms with Gasteiger partial charge in [-0.2, -0.15) is 26.3 Å². The van der Waals surface area contributed by atoms with Crippen LogP contribution in [0, 0.1) is 11.2 Å². The summed E-state index contributed by atoms with van der Waals surface area (Å²) in [5.74, 6) is -4.34. The van der Waals surface area contributed by atoms with Gasteiger partial charge in [0.25, 0.3) is 5.91 Å². The number of benzene rings is 2. The van der Waals surface area contributed by atoms with Crippen LogP contribution in [0.5, 0.6) is 0 Å². The number of aromatic nitrogens is 1. The number of primary amides is 1. The van der Waals surface area contributed by atoms with Crippen molar-refractivity contribution in [1.29, 1.82) is 0 Å². The summed E-state index contributed by atoms with van der Waals surface area (Å²) in [5.41, 5.74) is -0.183. The van der Waals surface area contributed by atoms with Crippen LogP contribution in [0.25, 0.3) is 0 Å². The first kappa shape index (κ1) is 28.3. The lowest BCUT2D eigenvalue weighted by molar-refractivity contribution is -0.141. The monoisotopic (exact) mass is 594 g/mol. The maximum atomic E-state index is 13.9. The zero-order valence-corrected chi connectivity index (χ0v) is 20.7. The maximum absolute atomic E-state index is 13.9. The molecule has 4 rings (SSSR count). The van der Waals surface area contributed by atoms with Crippen LogP contribution in [0.15, 0.2) is 42.5 Å². The SMILES string of the molecule is NC(=O)C1(C(=O)N(c2ccc(F)cc2)c2nc(C(F)(F)F)c(C(=O)Nc3cc(C(F)(F)F)ccc3Cl)s2)CC1. The summed E-state index contributed by atoms with van der Waals surface area (Å²) in [6.45, 7) is 0. The van der Waals surface area contributed by atoms with Gasteiger partial charge in [-0.05, 0) is 55.3 Å². The number of hydrogen-bond donors (Lipinski definition) is 2. The van der Waals surface area contributed by atoms with Crippen molar-refractivity contribution in [3.63, 3.8) is 0 Å². The molecule has 39 heavy (non-hydrogen) atoms. The van der Waals surface area contributed by atoms with E-state index in [1.165, 1.54) is 0 Å². The Morgan fingerprint density at radius 2 is 1.62 bits per heavy atom. The molecule has 3 aromatic rings. The van der Waals surface area contributed by atoms with Gasteiger partial charge in [-0.15, -0.1) is 0 Å². The lowest BCUT2D eigenvalue weighted by Gasteiger charge is -2.23. The quantitative estimate of drug-likeness (QED) is 0.264. The molecular weight excluding hydrogens is 581 g/mol. The molecule has 206 valence electrons. The van der Waals surface area contributed by atoms with Crippen molar-refractivity contribution in [3.8, 4) is 0 Å². The lowest BCUT2D eigenvalue weighted by Crippen LogP contribution is -2.41. The topological polar surface area (TPSA) is 105 Å². The zero-order valence-electron chi connectivity index (χ0n) is 19.1. The first-order chi connectivity index (χ1) is 18.0. The third-order valence-corrected chi connectivity index (χ3v) is 7.11. The summed E-state index contributed by atoms with van der Waals surface area (Å²) in [6.07, 6.45) is -10.1. The highest BCUT2D eigenvalue weighted by atomic mass is 35.5. The number of carbonyl (C=O) groups is 3. The molecule has 7 nitrogen and oxygen atoms in total. The van der Waals surface area contributed by atoms with Gasteiger partial charge in [0.2, 0.25) is 11.8 Å². The fourth-order valence-corrected chi connectivity index (χ4v) is 4.70. The van der Waals surface area contributed by atoms with Crippen molar-refractivity contribution in [1.82, 2.24) is 4.98 Å². The number of rotatable bonds is 6. The molecule has 3 amide bonds. The number of anilines is 3. The van der Waals surface area contributed by atoms with Gasteiger partial charge < -0.3 is 11.1 Å². The number of nitrogens with one attached hydrogen (secondary N) is 1. The van der Waals surface area contributed by atoms with Crippen molar-refractivity contribution < 1.29 is 45.1 Å². The Morgan fingerprint density at radius 1 is 1.00 bits per heavy atom. The second-order valence-corrected chi connectivity index (χ2v) is 9.77. The molecule has 1 heterocycles. The predicted molar refractivity (Wildman–Crippen MR) is 126 cm³/mol. The summed E-state index contributed by atoms with van der Waals surface area (Å²) < 4.78 is 94.5. The molecule has 0 unspecified atom stereocenters. The smallest absolute Gasteiger partial charge is 0.369 e. The Labute approximate surface area is 223 Å². The van der Waals surface area contributed by atoms with Gasteiger partial charge >= 0.3 is 12.4 Å². The Morgan fingerprint density at radius 3 is 2.13 bits per heavy atom. The summed E-state index contributed by atoms with van der Waals surface area (Å²) in [7, 11) is 0. The van der Waals surface area contributed by atoms with E-state index in [0.29, 0.717) is 17.0 Å². The first-order valence-corrected chi connectivity index (χ1v) is 11.9. The van der Waals surface area contributed by atoms with Gasteiger partial charge in [-0.25, -0.2) is 9.37 Å². The second kappa shape index (κ2) is 9.79. The summed E-state index contributed by atoms with van der Waals surface area (Å²) in [6, 6.07) is 5.75. The van der Waals surface area contributed by atoms with Crippen LogP contribution in [-0.4, -0.2) is 22.7 Å². The number of hydrogen-bond acceptors (Lipinski definition) is 5. The molecule has 0 bridgehead atoms.